The van der Waals surface area contributed by atoms with Crippen molar-refractivity contribution in [2.24, 2.45) is 5.92 Å². The van der Waals surface area contributed by atoms with Gasteiger partial charge in [0.15, 0.2) is 11.5 Å². The van der Waals surface area contributed by atoms with E-state index in [0.29, 0.717) is 11.5 Å². The number of aromatic nitrogens is 1. The Balaban J connectivity index is 1.67. The maximum Gasteiger partial charge on any atom is 0.243 e. The highest BCUT2D eigenvalue weighted by Crippen LogP contribution is 2.43. The van der Waals surface area contributed by atoms with Gasteiger partial charge in [-0.3, -0.25) is 9.78 Å². The number of carbonyl (C=O) groups excluding carboxylic acids is 1. The van der Waals surface area contributed by atoms with Crippen molar-refractivity contribution in [2.75, 3.05) is 27.3 Å². The van der Waals surface area contributed by atoms with Crippen LogP contribution in [0.3, 0.4) is 0 Å². The van der Waals surface area contributed by atoms with Crippen LogP contribution in [0.1, 0.15) is 17.2 Å². The molecule has 1 aromatic heterocycles. The van der Waals surface area contributed by atoms with E-state index < -0.39 is 21.9 Å². The fraction of sp³-hybridized carbons (Fsp3) is 0.280. The number of para-hydroxylation sites is 1. The number of rotatable bonds is 8. The predicted molar refractivity (Wildman–Crippen MR) is 127 cm³/mol. The van der Waals surface area contributed by atoms with Crippen LogP contribution in [-0.2, 0) is 21.4 Å². The number of methoxy groups -OCH3 is 2. The van der Waals surface area contributed by atoms with Crippen molar-refractivity contribution in [1.82, 2.24) is 14.6 Å². The summed E-state index contributed by atoms with van der Waals surface area (Å²) < 4.78 is 39.1. The number of carbonyl (C=O) groups is 1. The Morgan fingerprint density at radius 1 is 1.00 bits per heavy atom. The smallest absolute Gasteiger partial charge is 0.243 e. The zero-order valence-electron chi connectivity index (χ0n) is 19.0. The van der Waals surface area contributed by atoms with Crippen molar-refractivity contribution >= 4 is 15.9 Å². The first-order valence-corrected chi connectivity index (χ1v) is 12.3. The predicted octanol–water partition coefficient (Wildman–Crippen LogP) is 2.82. The number of nitrogens with one attached hydrogen (secondary N) is 1. The van der Waals surface area contributed by atoms with Crippen molar-refractivity contribution in [2.45, 2.75) is 17.4 Å². The quantitative estimate of drug-likeness (QED) is 0.531. The molecule has 34 heavy (non-hydrogen) atoms. The first-order valence-electron chi connectivity index (χ1n) is 10.9. The fourth-order valence-electron chi connectivity index (χ4n) is 4.30. The topological polar surface area (TPSA) is 97.8 Å². The zero-order chi connectivity index (χ0) is 24.1. The van der Waals surface area contributed by atoms with E-state index in [-0.39, 0.29) is 30.4 Å². The molecule has 0 spiro atoms. The summed E-state index contributed by atoms with van der Waals surface area (Å²) in [7, 11) is -0.706. The van der Waals surface area contributed by atoms with Gasteiger partial charge in [0.05, 0.1) is 37.3 Å². The van der Waals surface area contributed by atoms with Crippen molar-refractivity contribution in [3.05, 3.63) is 84.2 Å². The zero-order valence-corrected chi connectivity index (χ0v) is 19.9. The number of benzene rings is 2. The van der Waals surface area contributed by atoms with Gasteiger partial charge < -0.3 is 14.8 Å². The van der Waals surface area contributed by atoms with Crippen LogP contribution in [0.4, 0.5) is 0 Å². The fourth-order valence-corrected chi connectivity index (χ4v) is 5.81. The average molecular weight is 482 g/mol. The Kier molecular flexibility index (Phi) is 7.14. The minimum Gasteiger partial charge on any atom is -0.493 e. The van der Waals surface area contributed by atoms with Crippen molar-refractivity contribution < 1.29 is 22.7 Å². The molecule has 178 valence electrons. The van der Waals surface area contributed by atoms with E-state index in [2.05, 4.69) is 10.3 Å². The number of hydrogen-bond donors (Lipinski definition) is 1. The molecule has 1 saturated heterocycles. The lowest BCUT2D eigenvalue weighted by Gasteiger charge is -2.21. The van der Waals surface area contributed by atoms with Crippen LogP contribution in [0.5, 0.6) is 11.5 Å². The number of pyridine rings is 1. The van der Waals surface area contributed by atoms with Crippen LogP contribution < -0.4 is 14.8 Å². The molecule has 3 aromatic rings. The van der Waals surface area contributed by atoms with E-state index in [4.69, 9.17) is 9.47 Å². The summed E-state index contributed by atoms with van der Waals surface area (Å²) >= 11 is 0. The number of sulfonamides is 1. The molecule has 0 saturated carbocycles. The summed E-state index contributed by atoms with van der Waals surface area (Å²) in [5, 5.41) is 2.92. The maximum atomic E-state index is 13.4. The third-order valence-corrected chi connectivity index (χ3v) is 7.85. The molecule has 1 N–H and O–H groups in total. The minimum absolute atomic E-state index is 0.0519. The molecule has 0 aliphatic carbocycles. The van der Waals surface area contributed by atoms with Gasteiger partial charge >= 0.3 is 0 Å². The Morgan fingerprint density at radius 2 is 1.76 bits per heavy atom. The maximum absolute atomic E-state index is 13.4. The Morgan fingerprint density at radius 3 is 2.44 bits per heavy atom. The molecule has 0 radical (unpaired) electrons. The monoisotopic (exact) mass is 481 g/mol. The van der Waals surface area contributed by atoms with Gasteiger partial charge in [0.1, 0.15) is 0 Å². The molecule has 1 aliphatic heterocycles. The highest BCUT2D eigenvalue weighted by atomic mass is 32.2. The Bertz CT molecular complexity index is 1240. The summed E-state index contributed by atoms with van der Waals surface area (Å²) in [5.74, 6) is -0.268. The molecule has 4 rings (SSSR count). The van der Waals surface area contributed by atoms with E-state index >= 15 is 0 Å². The van der Waals surface area contributed by atoms with Gasteiger partial charge in [-0.2, -0.15) is 4.31 Å². The summed E-state index contributed by atoms with van der Waals surface area (Å²) in [5.41, 5.74) is 1.45. The summed E-state index contributed by atoms with van der Waals surface area (Å²) in [6, 6.07) is 19.2. The van der Waals surface area contributed by atoms with Crippen LogP contribution in [0.15, 0.2) is 77.8 Å². The first-order chi connectivity index (χ1) is 16.5. The van der Waals surface area contributed by atoms with E-state index in [1.165, 1.54) is 11.4 Å². The van der Waals surface area contributed by atoms with Gasteiger partial charge in [-0.25, -0.2) is 8.42 Å². The largest absolute Gasteiger partial charge is 0.493 e. The Hall–Kier alpha value is -3.43. The van der Waals surface area contributed by atoms with Gasteiger partial charge in [-0.05, 0) is 30.3 Å². The molecule has 8 nitrogen and oxygen atoms in total. The van der Waals surface area contributed by atoms with Crippen molar-refractivity contribution in [3.8, 4) is 11.5 Å². The molecule has 2 aromatic carbocycles. The van der Waals surface area contributed by atoms with Gasteiger partial charge in [0.25, 0.3) is 0 Å². The number of nitrogens with zero attached hydrogens (tertiary/aromatic N) is 2. The molecule has 1 aliphatic rings. The SMILES string of the molecule is COc1cccc(C2CN(S(=O)(=O)c3ccccc3)CC2C(=O)NCc2ccccn2)c1OC. The van der Waals surface area contributed by atoms with Gasteiger partial charge in [0, 0.05) is 30.8 Å². The highest BCUT2D eigenvalue weighted by Gasteiger charge is 2.44. The molecule has 2 unspecified atom stereocenters. The van der Waals surface area contributed by atoms with Crippen LogP contribution in [0, 0.1) is 5.92 Å². The van der Waals surface area contributed by atoms with Crippen LogP contribution >= 0.6 is 0 Å². The number of amides is 1. The molecular formula is C25H27N3O5S. The van der Waals surface area contributed by atoms with E-state index in [9.17, 15) is 13.2 Å². The summed E-state index contributed by atoms with van der Waals surface area (Å²) in [6.45, 7) is 0.447. The third kappa shape index (κ3) is 4.76. The second-order valence-corrected chi connectivity index (χ2v) is 9.91. The molecule has 1 amide bonds. The van der Waals surface area contributed by atoms with Gasteiger partial charge in [-0.1, -0.05) is 36.4 Å². The van der Waals surface area contributed by atoms with E-state index in [1.54, 1.807) is 55.8 Å². The van der Waals surface area contributed by atoms with Crippen LogP contribution in [0.2, 0.25) is 0 Å². The molecule has 2 heterocycles. The molecular weight excluding hydrogens is 454 g/mol. The normalized spacial score (nSPS) is 18.4. The van der Waals surface area contributed by atoms with Crippen LogP contribution in [0.25, 0.3) is 0 Å². The molecule has 9 heteroatoms. The minimum atomic E-state index is -3.78. The second-order valence-electron chi connectivity index (χ2n) is 7.97. The van der Waals surface area contributed by atoms with Crippen molar-refractivity contribution in [3.63, 3.8) is 0 Å². The summed E-state index contributed by atoms with van der Waals surface area (Å²) in [4.78, 5) is 17.8. The van der Waals surface area contributed by atoms with Crippen molar-refractivity contribution in [1.29, 1.82) is 0 Å². The van der Waals surface area contributed by atoms with Crippen LogP contribution in [-0.4, -0.2) is 50.9 Å². The lowest BCUT2D eigenvalue weighted by Crippen LogP contribution is -2.35. The highest BCUT2D eigenvalue weighted by molar-refractivity contribution is 7.89. The lowest BCUT2D eigenvalue weighted by atomic mass is 9.87. The number of hydrogen-bond acceptors (Lipinski definition) is 6. The average Bonchev–Trinajstić information content (AvgIpc) is 3.34. The second kappa shape index (κ2) is 10.2. The van der Waals surface area contributed by atoms with E-state index in [1.807, 2.05) is 24.3 Å². The lowest BCUT2D eigenvalue weighted by molar-refractivity contribution is -0.125. The first kappa shape index (κ1) is 23.7. The molecule has 1 fully saturated rings. The molecule has 0 bridgehead atoms. The number of ether oxygens (including phenoxy) is 2. The van der Waals surface area contributed by atoms with Gasteiger partial charge in [-0.15, -0.1) is 0 Å². The van der Waals surface area contributed by atoms with E-state index in [0.717, 1.165) is 11.3 Å². The van der Waals surface area contributed by atoms with Gasteiger partial charge in [0.2, 0.25) is 15.9 Å². The third-order valence-electron chi connectivity index (χ3n) is 6.01. The Labute approximate surface area is 199 Å². The molecule has 2 atom stereocenters. The summed E-state index contributed by atoms with van der Waals surface area (Å²) in [6.07, 6.45) is 1.66. The standard InChI is InChI=1S/C25H27N3O5S/c1-32-23-13-8-12-20(24(23)33-2)21-16-28(34(30,31)19-10-4-3-5-11-19)17-22(21)25(29)27-15-18-9-6-7-14-26-18/h3-14,21-22H,15-17H2,1-2H3,(H,27,29).